The molecule has 0 saturated carbocycles. The Morgan fingerprint density at radius 1 is 1.07 bits per heavy atom. The lowest BCUT2D eigenvalue weighted by molar-refractivity contribution is 0.245. The maximum absolute atomic E-state index is 5.33. The topological polar surface area (TPSA) is 79.6 Å². The van der Waals surface area contributed by atoms with Crippen LogP contribution in [0.2, 0.25) is 0 Å². The van der Waals surface area contributed by atoms with E-state index in [0.717, 1.165) is 56.0 Å². The van der Waals surface area contributed by atoms with Crippen molar-refractivity contribution in [2.24, 2.45) is 4.99 Å². The Labute approximate surface area is 178 Å². The zero-order valence-corrected chi connectivity index (χ0v) is 18.1. The molecule has 2 aliphatic heterocycles. The molecular weight excluding hydrogens is 378 g/mol. The first-order valence-corrected chi connectivity index (χ1v) is 11.0. The molecule has 1 saturated heterocycles. The van der Waals surface area contributed by atoms with Crippen LogP contribution in [0.3, 0.4) is 0 Å². The highest BCUT2D eigenvalue weighted by atomic mass is 16.5. The molecule has 3 heterocycles. The lowest BCUT2D eigenvalue weighted by Gasteiger charge is -2.29. The molecule has 8 heteroatoms. The second kappa shape index (κ2) is 9.93. The van der Waals surface area contributed by atoms with Gasteiger partial charge in [-0.25, -0.2) is 0 Å². The van der Waals surface area contributed by atoms with Crippen molar-refractivity contribution in [2.75, 3.05) is 33.8 Å². The summed E-state index contributed by atoms with van der Waals surface area (Å²) in [6, 6.07) is 8.72. The van der Waals surface area contributed by atoms with Crippen LogP contribution >= 0.6 is 0 Å². The predicted octanol–water partition coefficient (Wildman–Crippen LogP) is 2.13. The van der Waals surface area contributed by atoms with E-state index >= 15 is 0 Å². The first kappa shape index (κ1) is 20.7. The Bertz CT molecular complexity index is 840. The molecule has 30 heavy (non-hydrogen) atoms. The molecule has 2 aliphatic rings. The van der Waals surface area contributed by atoms with Gasteiger partial charge in [0, 0.05) is 26.6 Å². The van der Waals surface area contributed by atoms with Crippen LogP contribution in [0.4, 0.5) is 0 Å². The summed E-state index contributed by atoms with van der Waals surface area (Å²) in [6.45, 7) is 4.71. The summed E-state index contributed by atoms with van der Waals surface area (Å²) in [5.41, 5.74) is 1.30. The fourth-order valence-electron chi connectivity index (χ4n) is 4.41. The third kappa shape index (κ3) is 4.75. The number of nitrogens with zero attached hydrogens (tertiary/aromatic N) is 5. The number of likely N-dealkylation sites (tertiary alicyclic amines) is 1. The number of aromatic nitrogens is 3. The van der Waals surface area contributed by atoms with Gasteiger partial charge in [-0.2, -0.15) is 0 Å². The first-order valence-electron chi connectivity index (χ1n) is 11.0. The van der Waals surface area contributed by atoms with E-state index in [0.29, 0.717) is 12.6 Å². The van der Waals surface area contributed by atoms with Crippen LogP contribution in [0.5, 0.6) is 5.75 Å². The van der Waals surface area contributed by atoms with Crippen LogP contribution in [0.25, 0.3) is 0 Å². The first-order chi connectivity index (χ1) is 14.8. The quantitative estimate of drug-likeness (QED) is 0.537. The van der Waals surface area contributed by atoms with Crippen molar-refractivity contribution < 1.29 is 4.74 Å². The van der Waals surface area contributed by atoms with Gasteiger partial charge in [-0.1, -0.05) is 12.1 Å². The molecule has 4 rings (SSSR count). The van der Waals surface area contributed by atoms with Gasteiger partial charge in [0.15, 0.2) is 11.8 Å². The summed E-state index contributed by atoms with van der Waals surface area (Å²) in [4.78, 5) is 6.97. The molecule has 1 unspecified atom stereocenters. The molecule has 8 nitrogen and oxygen atoms in total. The fraction of sp³-hybridized carbons (Fsp3) is 0.591. The van der Waals surface area contributed by atoms with Gasteiger partial charge in [-0.3, -0.25) is 9.89 Å². The number of hydrogen-bond acceptors (Lipinski definition) is 5. The van der Waals surface area contributed by atoms with Crippen LogP contribution in [0.15, 0.2) is 29.3 Å². The number of nitrogens with one attached hydrogen (secondary N) is 2. The van der Waals surface area contributed by atoms with E-state index in [-0.39, 0.29) is 0 Å². The number of benzene rings is 1. The SMILES string of the molecule is CN=C(NCc1nnc2n1CCCC2)NCC(c1ccc(OC)cc1)N1CCCC1. The predicted molar refractivity (Wildman–Crippen MR) is 118 cm³/mol. The lowest BCUT2D eigenvalue weighted by Crippen LogP contribution is -2.42. The van der Waals surface area contributed by atoms with Gasteiger partial charge in [0.05, 0.1) is 19.7 Å². The number of rotatable bonds is 7. The van der Waals surface area contributed by atoms with Crippen LogP contribution in [0.1, 0.15) is 48.9 Å². The third-order valence-corrected chi connectivity index (χ3v) is 6.12. The molecule has 1 fully saturated rings. The van der Waals surface area contributed by atoms with Gasteiger partial charge < -0.3 is 19.9 Å². The molecule has 2 N–H and O–H groups in total. The number of aryl methyl sites for hydroxylation is 1. The van der Waals surface area contributed by atoms with E-state index in [1.807, 2.05) is 19.2 Å². The second-order valence-corrected chi connectivity index (χ2v) is 7.98. The molecule has 0 radical (unpaired) electrons. The molecule has 1 aromatic heterocycles. The van der Waals surface area contributed by atoms with Gasteiger partial charge in [-0.15, -0.1) is 10.2 Å². The maximum atomic E-state index is 5.33. The summed E-state index contributed by atoms with van der Waals surface area (Å²) in [7, 11) is 3.52. The number of aliphatic imine (C=N–C) groups is 1. The maximum Gasteiger partial charge on any atom is 0.191 e. The molecule has 0 spiro atoms. The van der Waals surface area contributed by atoms with E-state index in [1.165, 1.54) is 31.2 Å². The molecule has 0 amide bonds. The van der Waals surface area contributed by atoms with Gasteiger partial charge in [0.25, 0.3) is 0 Å². The Morgan fingerprint density at radius 2 is 1.83 bits per heavy atom. The highest BCUT2D eigenvalue weighted by Crippen LogP contribution is 2.26. The molecule has 0 bridgehead atoms. The van der Waals surface area contributed by atoms with Crippen molar-refractivity contribution in [2.45, 2.75) is 51.2 Å². The van der Waals surface area contributed by atoms with Gasteiger partial charge >= 0.3 is 0 Å². The molecule has 2 aromatic rings. The number of ether oxygens (including phenoxy) is 1. The highest BCUT2D eigenvalue weighted by molar-refractivity contribution is 5.79. The summed E-state index contributed by atoms with van der Waals surface area (Å²) in [5.74, 6) is 3.77. The average Bonchev–Trinajstić information content (AvgIpc) is 3.47. The van der Waals surface area contributed by atoms with Crippen molar-refractivity contribution in [3.8, 4) is 5.75 Å². The van der Waals surface area contributed by atoms with E-state index in [1.54, 1.807) is 7.11 Å². The van der Waals surface area contributed by atoms with E-state index in [9.17, 15) is 0 Å². The molecule has 0 aliphatic carbocycles. The van der Waals surface area contributed by atoms with Crippen molar-refractivity contribution in [1.29, 1.82) is 0 Å². The second-order valence-electron chi connectivity index (χ2n) is 7.98. The standard InChI is InChI=1S/C22H33N7O/c1-23-22(25-16-21-27-26-20-7-3-4-14-29(20)21)24-15-19(28-12-5-6-13-28)17-8-10-18(30-2)11-9-17/h8-11,19H,3-7,12-16H2,1-2H3,(H2,23,24,25). The summed E-state index contributed by atoms with van der Waals surface area (Å²) < 4.78 is 7.57. The van der Waals surface area contributed by atoms with Crippen molar-refractivity contribution in [3.05, 3.63) is 41.5 Å². The monoisotopic (exact) mass is 411 g/mol. The molecule has 1 atom stereocenters. The minimum Gasteiger partial charge on any atom is -0.497 e. The smallest absolute Gasteiger partial charge is 0.191 e. The molecule has 1 aromatic carbocycles. The number of hydrogen-bond donors (Lipinski definition) is 2. The Kier molecular flexibility index (Phi) is 6.84. The van der Waals surface area contributed by atoms with Crippen LogP contribution < -0.4 is 15.4 Å². The van der Waals surface area contributed by atoms with E-state index in [2.05, 4.69) is 47.4 Å². The Balaban J connectivity index is 1.38. The van der Waals surface area contributed by atoms with Gasteiger partial charge in [0.1, 0.15) is 11.6 Å². The van der Waals surface area contributed by atoms with E-state index in [4.69, 9.17) is 4.74 Å². The van der Waals surface area contributed by atoms with Gasteiger partial charge in [-0.05, 0) is 56.5 Å². The average molecular weight is 412 g/mol. The normalized spacial score (nSPS) is 18.1. The van der Waals surface area contributed by atoms with Crippen molar-refractivity contribution >= 4 is 5.96 Å². The lowest BCUT2D eigenvalue weighted by atomic mass is 10.1. The summed E-state index contributed by atoms with van der Waals surface area (Å²) in [6.07, 6.45) is 5.96. The minimum atomic E-state index is 0.304. The minimum absolute atomic E-state index is 0.304. The zero-order valence-electron chi connectivity index (χ0n) is 18.1. The third-order valence-electron chi connectivity index (χ3n) is 6.12. The Hall–Kier alpha value is -2.61. The van der Waals surface area contributed by atoms with E-state index < -0.39 is 0 Å². The molecule has 162 valence electrons. The van der Waals surface area contributed by atoms with Gasteiger partial charge in [0.2, 0.25) is 0 Å². The van der Waals surface area contributed by atoms with Crippen molar-refractivity contribution in [1.82, 2.24) is 30.3 Å². The largest absolute Gasteiger partial charge is 0.497 e. The number of fused-ring (bicyclic) bond motifs is 1. The van der Waals surface area contributed by atoms with Crippen LogP contribution in [-0.4, -0.2) is 59.4 Å². The number of methoxy groups -OCH3 is 1. The fourth-order valence-corrected chi connectivity index (χ4v) is 4.41. The van der Waals surface area contributed by atoms with Crippen LogP contribution in [0, 0.1) is 0 Å². The Morgan fingerprint density at radius 3 is 2.57 bits per heavy atom. The number of guanidine groups is 1. The van der Waals surface area contributed by atoms with Crippen LogP contribution in [-0.2, 0) is 19.5 Å². The molecular formula is C22H33N7O. The summed E-state index contributed by atoms with van der Waals surface area (Å²) >= 11 is 0. The zero-order chi connectivity index (χ0) is 20.8. The van der Waals surface area contributed by atoms with Crippen molar-refractivity contribution in [3.63, 3.8) is 0 Å². The summed E-state index contributed by atoms with van der Waals surface area (Å²) in [5, 5.41) is 15.6. The highest BCUT2D eigenvalue weighted by Gasteiger charge is 2.24.